The summed E-state index contributed by atoms with van der Waals surface area (Å²) in [4.78, 5) is 15.2. The molecular weight excluding hydrogens is 697 g/mol. The van der Waals surface area contributed by atoms with Crippen molar-refractivity contribution in [3.05, 3.63) is 180 Å². The Hall–Kier alpha value is -7.67. The van der Waals surface area contributed by atoms with Crippen molar-refractivity contribution in [2.75, 3.05) is 0 Å². The highest BCUT2D eigenvalue weighted by atomic mass is 15.0. The summed E-state index contributed by atoms with van der Waals surface area (Å²) in [6.07, 6.45) is 0. The number of rotatable bonds is 6. The van der Waals surface area contributed by atoms with E-state index < -0.39 is 0 Å². The van der Waals surface area contributed by atoms with Gasteiger partial charge in [-0.15, -0.1) is 0 Å². The molecule has 0 unspecified atom stereocenters. The van der Waals surface area contributed by atoms with Crippen LogP contribution in [0.3, 0.4) is 0 Å². The number of para-hydroxylation sites is 1. The third-order valence-electron chi connectivity index (χ3n) is 10.5. The van der Waals surface area contributed by atoms with Gasteiger partial charge in [0.2, 0.25) is 0 Å². The monoisotopic (exact) mass is 732 g/mol. The number of nitrogens with zero attached hydrogens (tertiary/aromatic N) is 6. The van der Waals surface area contributed by atoms with Crippen LogP contribution in [0.15, 0.2) is 164 Å². The second-order valence-corrected chi connectivity index (χ2v) is 15.1. The van der Waals surface area contributed by atoms with E-state index in [2.05, 4.69) is 92.1 Å². The molecule has 9 rings (SSSR count). The van der Waals surface area contributed by atoms with Crippen LogP contribution in [-0.4, -0.2) is 19.5 Å². The summed E-state index contributed by atoms with van der Waals surface area (Å²) in [6.45, 7) is 6.69. The van der Waals surface area contributed by atoms with Gasteiger partial charge in [-0.2, -0.15) is 10.5 Å². The van der Waals surface area contributed by atoms with E-state index in [-0.39, 0.29) is 5.41 Å². The molecule has 7 aromatic carbocycles. The standard InChI is InChI=1S/C51H36N6/c1-51(2,3)38-26-27-46-42(30-38)41-24-14-15-25-45(41)57(46)47-43(39-22-12-10-20-35(39)31-52)28-37(29-44(47)40-23-13-11-21-36(40)32-53)50-55-48(33-16-6-4-7-17-33)54-49(56-50)34-18-8-5-9-19-34/h4-30H,1-3H3. The molecule has 9 aromatic rings. The SMILES string of the molecule is CC(C)(C)c1ccc2c(c1)c1ccccc1n2-c1c(-c2ccccc2C#N)cc(-c2nc(-c3ccccc3)nc(-c3ccccc3)n2)cc1-c1ccccc1C#N. The Morgan fingerprint density at radius 3 is 1.42 bits per heavy atom. The summed E-state index contributed by atoms with van der Waals surface area (Å²) in [7, 11) is 0. The minimum Gasteiger partial charge on any atom is -0.308 e. The number of hydrogen-bond acceptors (Lipinski definition) is 5. The van der Waals surface area contributed by atoms with E-state index in [1.54, 1.807) is 0 Å². The molecule has 2 heterocycles. The molecule has 0 aliphatic carbocycles. The molecule has 0 bridgehead atoms. The maximum absolute atomic E-state index is 10.6. The van der Waals surface area contributed by atoms with Crippen LogP contribution in [0.1, 0.15) is 37.5 Å². The highest BCUT2D eigenvalue weighted by molar-refractivity contribution is 6.11. The summed E-state index contributed by atoms with van der Waals surface area (Å²) in [5.74, 6) is 1.55. The first-order valence-electron chi connectivity index (χ1n) is 18.9. The fraction of sp³-hybridized carbons (Fsp3) is 0.0784. The van der Waals surface area contributed by atoms with E-state index in [0.29, 0.717) is 28.6 Å². The second kappa shape index (κ2) is 14.2. The fourth-order valence-corrected chi connectivity index (χ4v) is 7.66. The molecule has 57 heavy (non-hydrogen) atoms. The Morgan fingerprint density at radius 2 is 0.895 bits per heavy atom. The van der Waals surface area contributed by atoms with E-state index in [9.17, 15) is 10.5 Å². The van der Waals surface area contributed by atoms with Gasteiger partial charge in [0, 0.05) is 49.7 Å². The summed E-state index contributed by atoms with van der Waals surface area (Å²) in [6, 6.07) is 59.4. The number of fused-ring (bicyclic) bond motifs is 3. The minimum absolute atomic E-state index is 0.0609. The zero-order valence-electron chi connectivity index (χ0n) is 31.8. The molecule has 0 spiro atoms. The van der Waals surface area contributed by atoms with Crippen molar-refractivity contribution in [3.63, 3.8) is 0 Å². The molecule has 0 N–H and O–H groups in total. The topological polar surface area (TPSA) is 91.2 Å². The third kappa shape index (κ3) is 6.30. The van der Waals surface area contributed by atoms with Gasteiger partial charge in [-0.25, -0.2) is 15.0 Å². The summed E-state index contributed by atoms with van der Waals surface area (Å²) >= 11 is 0. The molecule has 6 nitrogen and oxygen atoms in total. The summed E-state index contributed by atoms with van der Waals surface area (Å²) in [5, 5.41) is 23.4. The van der Waals surface area contributed by atoms with Crippen molar-refractivity contribution < 1.29 is 0 Å². The number of hydrogen-bond donors (Lipinski definition) is 0. The van der Waals surface area contributed by atoms with E-state index in [0.717, 1.165) is 66.4 Å². The molecule has 0 amide bonds. The van der Waals surface area contributed by atoms with Gasteiger partial charge in [-0.1, -0.05) is 142 Å². The lowest BCUT2D eigenvalue weighted by atomic mass is 9.86. The Kier molecular flexibility index (Phi) is 8.73. The van der Waals surface area contributed by atoms with Gasteiger partial charge in [0.1, 0.15) is 0 Å². The van der Waals surface area contributed by atoms with E-state index in [1.165, 1.54) is 5.56 Å². The third-order valence-corrected chi connectivity index (χ3v) is 10.5. The average Bonchev–Trinajstić information content (AvgIpc) is 3.59. The molecular formula is C51H36N6. The zero-order chi connectivity index (χ0) is 39.1. The Morgan fingerprint density at radius 1 is 0.439 bits per heavy atom. The van der Waals surface area contributed by atoms with E-state index in [4.69, 9.17) is 15.0 Å². The predicted octanol–water partition coefficient (Wildman–Crippen LogP) is 12.3. The lowest BCUT2D eigenvalue weighted by Crippen LogP contribution is -2.10. The maximum atomic E-state index is 10.6. The first-order valence-corrected chi connectivity index (χ1v) is 18.9. The normalized spacial score (nSPS) is 11.4. The molecule has 2 aromatic heterocycles. The fourth-order valence-electron chi connectivity index (χ4n) is 7.66. The lowest BCUT2D eigenvalue weighted by molar-refractivity contribution is 0.591. The molecule has 0 atom stereocenters. The number of aromatic nitrogens is 4. The van der Waals surface area contributed by atoms with E-state index in [1.807, 2.05) is 109 Å². The Bertz CT molecular complexity index is 2930. The number of nitriles is 2. The Balaban J connectivity index is 1.45. The van der Waals surface area contributed by atoms with Gasteiger partial charge in [0.15, 0.2) is 17.5 Å². The lowest BCUT2D eigenvalue weighted by Gasteiger charge is -2.22. The molecule has 6 heteroatoms. The molecule has 0 radical (unpaired) electrons. The minimum atomic E-state index is -0.0609. The van der Waals surface area contributed by atoms with Crippen molar-refractivity contribution in [1.29, 1.82) is 10.5 Å². The van der Waals surface area contributed by atoms with Gasteiger partial charge in [-0.3, -0.25) is 0 Å². The predicted molar refractivity (Wildman–Crippen MR) is 229 cm³/mol. The van der Waals surface area contributed by atoms with Crippen LogP contribution in [0.2, 0.25) is 0 Å². The van der Waals surface area contributed by atoms with Crippen molar-refractivity contribution in [2.45, 2.75) is 26.2 Å². The summed E-state index contributed by atoms with van der Waals surface area (Å²) in [5.41, 5.74) is 10.7. The molecule has 270 valence electrons. The van der Waals surface area contributed by atoms with E-state index >= 15 is 0 Å². The van der Waals surface area contributed by atoms with Gasteiger partial charge in [-0.05, 0) is 53.4 Å². The molecule has 0 aliphatic rings. The van der Waals surface area contributed by atoms with Crippen LogP contribution in [0.25, 0.3) is 83.9 Å². The maximum Gasteiger partial charge on any atom is 0.164 e. The smallest absolute Gasteiger partial charge is 0.164 e. The first-order chi connectivity index (χ1) is 27.8. The molecule has 0 saturated heterocycles. The highest BCUT2D eigenvalue weighted by Gasteiger charge is 2.26. The Labute approximate surface area is 331 Å². The van der Waals surface area contributed by atoms with Crippen molar-refractivity contribution in [2.24, 2.45) is 0 Å². The molecule has 0 aliphatic heterocycles. The zero-order valence-corrected chi connectivity index (χ0v) is 31.8. The van der Waals surface area contributed by atoms with Crippen LogP contribution in [0, 0.1) is 22.7 Å². The highest BCUT2D eigenvalue weighted by Crippen LogP contribution is 2.45. The van der Waals surface area contributed by atoms with Gasteiger partial charge in [0.25, 0.3) is 0 Å². The first kappa shape index (κ1) is 35.1. The second-order valence-electron chi connectivity index (χ2n) is 15.1. The van der Waals surface area contributed by atoms with Crippen LogP contribution in [0.5, 0.6) is 0 Å². The van der Waals surface area contributed by atoms with Crippen molar-refractivity contribution >= 4 is 21.8 Å². The van der Waals surface area contributed by atoms with Gasteiger partial charge in [0.05, 0.1) is 40.0 Å². The van der Waals surface area contributed by atoms with Crippen LogP contribution in [0.4, 0.5) is 0 Å². The van der Waals surface area contributed by atoms with Crippen LogP contribution in [-0.2, 0) is 5.41 Å². The van der Waals surface area contributed by atoms with Crippen molar-refractivity contribution in [3.8, 4) is 74.2 Å². The van der Waals surface area contributed by atoms with Crippen LogP contribution >= 0.6 is 0 Å². The van der Waals surface area contributed by atoms with Crippen LogP contribution < -0.4 is 0 Å². The van der Waals surface area contributed by atoms with Gasteiger partial charge >= 0.3 is 0 Å². The average molecular weight is 733 g/mol. The number of benzene rings is 7. The molecule has 0 fully saturated rings. The van der Waals surface area contributed by atoms with Gasteiger partial charge < -0.3 is 4.57 Å². The van der Waals surface area contributed by atoms with Crippen molar-refractivity contribution in [1.82, 2.24) is 19.5 Å². The quantitative estimate of drug-likeness (QED) is 0.170. The molecule has 0 saturated carbocycles. The summed E-state index contributed by atoms with van der Waals surface area (Å²) < 4.78 is 2.30. The largest absolute Gasteiger partial charge is 0.308 e.